The largest absolute Gasteiger partial charge is 0.505 e. The van der Waals surface area contributed by atoms with Crippen molar-refractivity contribution in [1.82, 2.24) is 9.78 Å². The van der Waals surface area contributed by atoms with Crippen LogP contribution in [0.15, 0.2) is 12.3 Å². The summed E-state index contributed by atoms with van der Waals surface area (Å²) in [4.78, 5) is 0. The first-order valence-corrected chi connectivity index (χ1v) is 2.57. The van der Waals surface area contributed by atoms with Gasteiger partial charge in [0.15, 0.2) is 0 Å². The summed E-state index contributed by atoms with van der Waals surface area (Å²) in [5.41, 5.74) is -0.516. The van der Waals surface area contributed by atoms with Gasteiger partial charge in [0.2, 0.25) is 0 Å². The van der Waals surface area contributed by atoms with Crippen LogP contribution in [0.1, 0.15) is 5.69 Å². The van der Waals surface area contributed by atoms with Crippen LogP contribution >= 0.6 is 0 Å². The molecule has 0 radical (unpaired) electrons. The molecular formula is C5H2F3N3. The number of nitrogens with zero attached hydrogens (tertiary/aromatic N) is 3. The minimum Gasteiger partial charge on any atom is -0.191 e. The number of halogens is 3. The third kappa shape index (κ3) is 1.32. The average Bonchev–Trinajstić information content (AvgIpc) is 2.31. The Morgan fingerprint density at radius 3 is 2.55 bits per heavy atom. The average molecular weight is 161 g/mol. The third-order valence-electron chi connectivity index (χ3n) is 0.997. The summed E-state index contributed by atoms with van der Waals surface area (Å²) in [5, 5.41) is 11.1. The topological polar surface area (TPSA) is 41.6 Å². The molecule has 0 aliphatic rings. The van der Waals surface area contributed by atoms with Gasteiger partial charge in [-0.05, 0) is 6.07 Å². The fourth-order valence-corrected chi connectivity index (χ4v) is 0.590. The summed E-state index contributed by atoms with van der Waals surface area (Å²) >= 11 is 0. The standard InChI is InChI=1S/C5H2F3N3/c6-5(7,8)11-4(3-9)1-2-10-11/h1-2H. The van der Waals surface area contributed by atoms with Crippen molar-refractivity contribution in [1.29, 1.82) is 5.26 Å². The predicted molar refractivity (Wildman–Crippen MR) is 28.2 cm³/mol. The van der Waals surface area contributed by atoms with Crippen molar-refractivity contribution in [2.45, 2.75) is 6.30 Å². The van der Waals surface area contributed by atoms with Gasteiger partial charge in [0.1, 0.15) is 11.8 Å². The lowest BCUT2D eigenvalue weighted by molar-refractivity contribution is -0.212. The van der Waals surface area contributed by atoms with Crippen LogP contribution in [0.4, 0.5) is 13.2 Å². The first kappa shape index (κ1) is 7.60. The fourth-order valence-electron chi connectivity index (χ4n) is 0.590. The van der Waals surface area contributed by atoms with E-state index in [2.05, 4.69) is 5.10 Å². The highest BCUT2D eigenvalue weighted by Crippen LogP contribution is 2.22. The SMILES string of the molecule is N#Cc1ccnn1C(F)(F)F. The molecule has 1 heterocycles. The maximum absolute atomic E-state index is 11.8. The Balaban J connectivity index is 3.15. The van der Waals surface area contributed by atoms with Crippen molar-refractivity contribution in [2.75, 3.05) is 0 Å². The van der Waals surface area contributed by atoms with E-state index in [9.17, 15) is 13.2 Å². The van der Waals surface area contributed by atoms with Crippen molar-refractivity contribution in [3.05, 3.63) is 18.0 Å². The van der Waals surface area contributed by atoms with Crippen LogP contribution in [0.2, 0.25) is 0 Å². The Bertz CT molecular complexity index is 293. The molecule has 0 saturated carbocycles. The number of aromatic nitrogens is 2. The van der Waals surface area contributed by atoms with Crippen LogP contribution in [0.3, 0.4) is 0 Å². The number of nitriles is 1. The van der Waals surface area contributed by atoms with E-state index in [1.54, 1.807) is 0 Å². The Labute approximate surface area is 59.7 Å². The number of hydrogen-bond acceptors (Lipinski definition) is 2. The van der Waals surface area contributed by atoms with Crippen molar-refractivity contribution in [3.63, 3.8) is 0 Å². The van der Waals surface area contributed by atoms with Gasteiger partial charge in [-0.2, -0.15) is 15.0 Å². The lowest BCUT2D eigenvalue weighted by Gasteiger charge is -2.05. The van der Waals surface area contributed by atoms with Crippen LogP contribution in [-0.2, 0) is 6.30 Å². The van der Waals surface area contributed by atoms with Gasteiger partial charge in [-0.25, -0.2) is 0 Å². The molecule has 0 bridgehead atoms. The highest BCUT2D eigenvalue weighted by Gasteiger charge is 2.33. The van der Waals surface area contributed by atoms with Gasteiger partial charge in [0.05, 0.1) is 6.20 Å². The molecule has 0 spiro atoms. The second-order valence-electron chi connectivity index (χ2n) is 1.71. The van der Waals surface area contributed by atoms with Gasteiger partial charge in [-0.15, -0.1) is 13.2 Å². The molecule has 0 fully saturated rings. The monoisotopic (exact) mass is 161 g/mol. The van der Waals surface area contributed by atoms with Gasteiger partial charge in [-0.3, -0.25) is 0 Å². The van der Waals surface area contributed by atoms with Crippen molar-refractivity contribution in [3.8, 4) is 6.07 Å². The van der Waals surface area contributed by atoms with Gasteiger partial charge >= 0.3 is 6.30 Å². The first-order chi connectivity index (χ1) is 5.05. The summed E-state index contributed by atoms with van der Waals surface area (Å²) in [6, 6.07) is 2.36. The summed E-state index contributed by atoms with van der Waals surface area (Å²) < 4.78 is 35.2. The summed E-state index contributed by atoms with van der Waals surface area (Å²) in [5.74, 6) is 0. The summed E-state index contributed by atoms with van der Waals surface area (Å²) in [6.45, 7) is 0. The summed E-state index contributed by atoms with van der Waals surface area (Å²) in [7, 11) is 0. The zero-order valence-electron chi connectivity index (χ0n) is 5.13. The fraction of sp³-hybridized carbons (Fsp3) is 0.200. The minimum absolute atomic E-state index is 0.285. The number of hydrogen-bond donors (Lipinski definition) is 0. The molecule has 0 aliphatic heterocycles. The van der Waals surface area contributed by atoms with Crippen LogP contribution in [0.5, 0.6) is 0 Å². The lowest BCUT2D eigenvalue weighted by atomic mass is 10.5. The molecule has 0 aromatic carbocycles. The molecule has 0 unspecified atom stereocenters. The highest BCUT2D eigenvalue weighted by atomic mass is 19.4. The molecule has 1 aromatic heterocycles. The quantitative estimate of drug-likeness (QED) is 0.574. The van der Waals surface area contributed by atoms with E-state index >= 15 is 0 Å². The maximum Gasteiger partial charge on any atom is 0.505 e. The molecule has 58 valence electrons. The summed E-state index contributed by atoms with van der Waals surface area (Å²) in [6.07, 6.45) is -3.68. The van der Waals surface area contributed by atoms with Crippen LogP contribution < -0.4 is 0 Å². The second-order valence-corrected chi connectivity index (χ2v) is 1.71. The molecule has 0 aliphatic carbocycles. The molecule has 1 rings (SSSR count). The van der Waals surface area contributed by atoms with Crippen molar-refractivity contribution < 1.29 is 13.2 Å². The lowest BCUT2D eigenvalue weighted by Crippen LogP contribution is -2.19. The normalized spacial score (nSPS) is 11.1. The van der Waals surface area contributed by atoms with Crippen molar-refractivity contribution >= 4 is 0 Å². The van der Waals surface area contributed by atoms with Crippen LogP contribution in [0, 0.1) is 11.3 Å². The van der Waals surface area contributed by atoms with E-state index in [0.29, 0.717) is 0 Å². The molecule has 6 heteroatoms. The smallest absolute Gasteiger partial charge is 0.191 e. The van der Waals surface area contributed by atoms with E-state index in [1.165, 1.54) is 6.07 Å². The van der Waals surface area contributed by atoms with Gasteiger partial charge < -0.3 is 0 Å². The van der Waals surface area contributed by atoms with Crippen LogP contribution in [-0.4, -0.2) is 9.78 Å². The van der Waals surface area contributed by atoms with E-state index in [1.807, 2.05) is 0 Å². The second kappa shape index (κ2) is 2.27. The third-order valence-corrected chi connectivity index (χ3v) is 0.997. The number of alkyl halides is 3. The van der Waals surface area contributed by atoms with E-state index in [-0.39, 0.29) is 4.68 Å². The van der Waals surface area contributed by atoms with Crippen molar-refractivity contribution in [2.24, 2.45) is 0 Å². The van der Waals surface area contributed by atoms with E-state index in [4.69, 9.17) is 5.26 Å². The Hall–Kier alpha value is -1.51. The molecule has 3 nitrogen and oxygen atoms in total. The number of rotatable bonds is 0. The Morgan fingerprint density at radius 1 is 1.55 bits per heavy atom. The van der Waals surface area contributed by atoms with Crippen LogP contribution in [0.25, 0.3) is 0 Å². The van der Waals surface area contributed by atoms with Gasteiger partial charge in [0, 0.05) is 0 Å². The molecule has 1 aromatic rings. The zero-order valence-corrected chi connectivity index (χ0v) is 5.13. The maximum atomic E-state index is 11.8. The zero-order chi connectivity index (χ0) is 8.48. The molecule has 11 heavy (non-hydrogen) atoms. The van der Waals surface area contributed by atoms with E-state index < -0.39 is 12.0 Å². The Morgan fingerprint density at radius 2 is 2.18 bits per heavy atom. The molecule has 0 N–H and O–H groups in total. The molecule has 0 amide bonds. The van der Waals surface area contributed by atoms with E-state index in [0.717, 1.165) is 12.3 Å². The Kier molecular flexibility index (Phi) is 1.57. The predicted octanol–water partition coefficient (Wildman–Crippen LogP) is 1.23. The van der Waals surface area contributed by atoms with Gasteiger partial charge in [-0.1, -0.05) is 0 Å². The van der Waals surface area contributed by atoms with Gasteiger partial charge in [0.25, 0.3) is 0 Å². The molecule has 0 saturated heterocycles. The molecule has 0 atom stereocenters. The molecular weight excluding hydrogens is 159 g/mol. The minimum atomic E-state index is -4.60. The first-order valence-electron chi connectivity index (χ1n) is 2.57. The highest BCUT2D eigenvalue weighted by molar-refractivity contribution is 5.18.